The highest BCUT2D eigenvalue weighted by Crippen LogP contribution is 2.29. The van der Waals surface area contributed by atoms with E-state index in [0.717, 1.165) is 26.2 Å². The average molecular weight is 350 g/mol. The molecule has 0 radical (unpaired) electrons. The number of carbonyl (C=O) groups is 1. The van der Waals surface area contributed by atoms with Crippen molar-refractivity contribution in [1.82, 2.24) is 10.2 Å². The van der Waals surface area contributed by atoms with Crippen molar-refractivity contribution in [2.45, 2.75) is 0 Å². The summed E-state index contributed by atoms with van der Waals surface area (Å²) in [6.45, 7) is 3.61. The Kier molecular flexibility index (Phi) is 4.48. The molecule has 2 aliphatic heterocycles. The molecule has 2 heterocycles. The first-order chi connectivity index (χ1) is 8.65. The van der Waals surface area contributed by atoms with Gasteiger partial charge in [0.2, 0.25) is 0 Å². The topological polar surface area (TPSA) is 32.3 Å². The molecular weight excluding hydrogens is 335 g/mol. The number of likely N-dealkylation sites (tertiary alicyclic amines) is 1. The number of nitrogens with one attached hydrogen (secondary N) is 1. The fourth-order valence-electron chi connectivity index (χ4n) is 2.85. The molecule has 0 spiro atoms. The highest BCUT2D eigenvalue weighted by atomic mass is 79.9. The van der Waals surface area contributed by atoms with Crippen LogP contribution in [-0.4, -0.2) is 37.0 Å². The van der Waals surface area contributed by atoms with Gasteiger partial charge in [-0.05, 0) is 46.0 Å². The Labute approximate surface area is 126 Å². The van der Waals surface area contributed by atoms with Crippen LogP contribution in [0, 0.1) is 17.7 Å². The zero-order valence-corrected chi connectivity index (χ0v) is 12.6. The SMILES string of the molecule is Cl.O=C(c1ccc(F)cc1Br)N1C[C@H]2CNC[C@H]2C1. The molecule has 6 heteroatoms. The molecule has 0 saturated carbocycles. The quantitative estimate of drug-likeness (QED) is 0.844. The van der Waals surface area contributed by atoms with E-state index in [0.29, 0.717) is 21.9 Å². The molecule has 104 valence electrons. The van der Waals surface area contributed by atoms with Crippen molar-refractivity contribution in [2.24, 2.45) is 11.8 Å². The van der Waals surface area contributed by atoms with Crippen LogP contribution < -0.4 is 5.32 Å². The Hall–Kier alpha value is -0.650. The van der Waals surface area contributed by atoms with E-state index >= 15 is 0 Å². The lowest BCUT2D eigenvalue weighted by molar-refractivity contribution is 0.0781. The van der Waals surface area contributed by atoms with E-state index in [4.69, 9.17) is 0 Å². The van der Waals surface area contributed by atoms with E-state index < -0.39 is 0 Å². The number of hydrogen-bond acceptors (Lipinski definition) is 2. The van der Waals surface area contributed by atoms with E-state index in [-0.39, 0.29) is 24.1 Å². The van der Waals surface area contributed by atoms with Gasteiger partial charge in [-0.2, -0.15) is 0 Å². The molecule has 0 bridgehead atoms. The Morgan fingerprint density at radius 2 is 1.95 bits per heavy atom. The van der Waals surface area contributed by atoms with Gasteiger partial charge < -0.3 is 10.2 Å². The second kappa shape index (κ2) is 5.77. The maximum atomic E-state index is 13.0. The molecule has 3 nitrogen and oxygen atoms in total. The van der Waals surface area contributed by atoms with Gasteiger partial charge in [0.1, 0.15) is 5.82 Å². The van der Waals surface area contributed by atoms with Crippen LogP contribution in [0.4, 0.5) is 4.39 Å². The van der Waals surface area contributed by atoms with Crippen LogP contribution in [-0.2, 0) is 0 Å². The van der Waals surface area contributed by atoms with Gasteiger partial charge in [-0.25, -0.2) is 4.39 Å². The lowest BCUT2D eigenvalue weighted by Crippen LogP contribution is -2.32. The van der Waals surface area contributed by atoms with Gasteiger partial charge in [-0.15, -0.1) is 12.4 Å². The predicted molar refractivity (Wildman–Crippen MR) is 77.1 cm³/mol. The Morgan fingerprint density at radius 1 is 1.32 bits per heavy atom. The van der Waals surface area contributed by atoms with Crippen molar-refractivity contribution >= 4 is 34.2 Å². The maximum Gasteiger partial charge on any atom is 0.255 e. The van der Waals surface area contributed by atoms with Crippen LogP contribution in [0.1, 0.15) is 10.4 Å². The molecule has 2 fully saturated rings. The van der Waals surface area contributed by atoms with Gasteiger partial charge in [0.05, 0.1) is 5.56 Å². The smallest absolute Gasteiger partial charge is 0.255 e. The van der Waals surface area contributed by atoms with Gasteiger partial charge in [0, 0.05) is 30.7 Å². The summed E-state index contributed by atoms with van der Waals surface area (Å²) in [6, 6.07) is 4.22. The number of amides is 1. The number of nitrogens with zero attached hydrogens (tertiary/aromatic N) is 1. The van der Waals surface area contributed by atoms with E-state index in [1.807, 2.05) is 4.90 Å². The zero-order chi connectivity index (χ0) is 12.7. The highest BCUT2D eigenvalue weighted by Gasteiger charge is 2.38. The highest BCUT2D eigenvalue weighted by molar-refractivity contribution is 9.10. The van der Waals surface area contributed by atoms with Gasteiger partial charge in [0.15, 0.2) is 0 Å². The standard InChI is InChI=1S/C13H14BrFN2O.ClH/c14-12-3-10(15)1-2-11(12)13(18)17-6-8-4-16-5-9(8)7-17;/h1-3,8-9,16H,4-7H2;1H/t8-,9+;. The Balaban J connectivity index is 0.00000133. The molecule has 1 amide bonds. The lowest BCUT2D eigenvalue weighted by atomic mass is 10.0. The summed E-state index contributed by atoms with van der Waals surface area (Å²) in [7, 11) is 0. The molecule has 0 unspecified atom stereocenters. The van der Waals surface area contributed by atoms with Crippen molar-refractivity contribution in [1.29, 1.82) is 0 Å². The molecule has 2 saturated heterocycles. The first-order valence-corrected chi connectivity index (χ1v) is 6.89. The Morgan fingerprint density at radius 3 is 2.53 bits per heavy atom. The van der Waals surface area contributed by atoms with Gasteiger partial charge >= 0.3 is 0 Å². The summed E-state index contributed by atoms with van der Waals surface area (Å²) in [5.74, 6) is 0.818. The first-order valence-electron chi connectivity index (χ1n) is 6.10. The van der Waals surface area contributed by atoms with Gasteiger partial charge in [0.25, 0.3) is 5.91 Å². The fourth-order valence-corrected chi connectivity index (χ4v) is 3.37. The van der Waals surface area contributed by atoms with Crippen molar-refractivity contribution < 1.29 is 9.18 Å². The molecule has 2 atom stereocenters. The fraction of sp³-hybridized carbons (Fsp3) is 0.462. The van der Waals surface area contributed by atoms with Crippen molar-refractivity contribution in [3.05, 3.63) is 34.1 Å². The molecule has 1 N–H and O–H groups in total. The molecule has 3 rings (SSSR count). The van der Waals surface area contributed by atoms with Crippen LogP contribution in [0.25, 0.3) is 0 Å². The number of rotatable bonds is 1. The van der Waals surface area contributed by atoms with Crippen LogP contribution in [0.5, 0.6) is 0 Å². The normalized spacial score (nSPS) is 25.1. The van der Waals surface area contributed by atoms with E-state index in [1.165, 1.54) is 12.1 Å². The number of fused-ring (bicyclic) bond motifs is 1. The summed E-state index contributed by atoms with van der Waals surface area (Å²) in [6.07, 6.45) is 0. The van der Waals surface area contributed by atoms with Crippen molar-refractivity contribution in [3.63, 3.8) is 0 Å². The second-order valence-electron chi connectivity index (χ2n) is 5.01. The molecular formula is C13H15BrClFN2O. The Bertz CT molecular complexity index is 488. The number of hydrogen-bond donors (Lipinski definition) is 1. The summed E-state index contributed by atoms with van der Waals surface area (Å²) >= 11 is 3.26. The molecule has 0 aromatic heterocycles. The largest absolute Gasteiger partial charge is 0.338 e. The third kappa shape index (κ3) is 2.78. The van der Waals surface area contributed by atoms with Crippen LogP contribution in [0.15, 0.2) is 22.7 Å². The van der Waals surface area contributed by atoms with Crippen molar-refractivity contribution in [3.8, 4) is 0 Å². The predicted octanol–water partition coefficient (Wildman–Crippen LogP) is 2.30. The molecule has 1 aromatic rings. The zero-order valence-electron chi connectivity index (χ0n) is 10.2. The van der Waals surface area contributed by atoms with E-state index in [2.05, 4.69) is 21.2 Å². The number of benzene rings is 1. The molecule has 1 aromatic carbocycles. The minimum atomic E-state index is -0.332. The summed E-state index contributed by atoms with van der Waals surface area (Å²) in [5.41, 5.74) is 0.546. The first kappa shape index (κ1) is 14.8. The summed E-state index contributed by atoms with van der Waals surface area (Å²) < 4.78 is 13.5. The summed E-state index contributed by atoms with van der Waals surface area (Å²) in [4.78, 5) is 14.2. The van der Waals surface area contributed by atoms with E-state index in [1.54, 1.807) is 6.07 Å². The minimum Gasteiger partial charge on any atom is -0.338 e. The van der Waals surface area contributed by atoms with Gasteiger partial charge in [-0.1, -0.05) is 0 Å². The van der Waals surface area contributed by atoms with Crippen LogP contribution in [0.3, 0.4) is 0 Å². The average Bonchev–Trinajstić information content (AvgIpc) is 2.87. The molecule has 19 heavy (non-hydrogen) atoms. The third-order valence-electron chi connectivity index (χ3n) is 3.84. The lowest BCUT2D eigenvalue weighted by Gasteiger charge is -2.18. The molecule has 2 aliphatic rings. The maximum absolute atomic E-state index is 13.0. The number of carbonyl (C=O) groups excluding carboxylic acids is 1. The summed E-state index contributed by atoms with van der Waals surface area (Å²) in [5, 5.41) is 3.35. The third-order valence-corrected chi connectivity index (χ3v) is 4.49. The number of halogens is 3. The minimum absolute atomic E-state index is 0. The van der Waals surface area contributed by atoms with Crippen molar-refractivity contribution in [2.75, 3.05) is 26.2 Å². The van der Waals surface area contributed by atoms with E-state index in [9.17, 15) is 9.18 Å². The van der Waals surface area contributed by atoms with Crippen LogP contribution in [0.2, 0.25) is 0 Å². The second-order valence-corrected chi connectivity index (χ2v) is 5.87. The van der Waals surface area contributed by atoms with Crippen LogP contribution >= 0.6 is 28.3 Å². The monoisotopic (exact) mass is 348 g/mol. The van der Waals surface area contributed by atoms with Gasteiger partial charge in [-0.3, -0.25) is 4.79 Å². The molecule has 0 aliphatic carbocycles.